The van der Waals surface area contributed by atoms with Gasteiger partial charge in [0.25, 0.3) is 0 Å². The molecule has 9 aromatic carbocycles. The van der Waals surface area contributed by atoms with Gasteiger partial charge in [0.1, 0.15) is 11.2 Å². The van der Waals surface area contributed by atoms with Crippen LogP contribution in [0.2, 0.25) is 0 Å². The van der Waals surface area contributed by atoms with Crippen LogP contribution in [0.4, 0.5) is 51.2 Å². The van der Waals surface area contributed by atoms with Gasteiger partial charge in [-0.15, -0.1) is 0 Å². The third-order valence-electron chi connectivity index (χ3n) is 11.2. The molecule has 0 atom stereocenters. The number of fused-ring (bicyclic) bond motifs is 6. The number of benzene rings is 9. The molecule has 5 nitrogen and oxygen atoms in total. The smallest absolute Gasteiger partial charge is 0.159 e. The summed E-state index contributed by atoms with van der Waals surface area (Å²) in [5.41, 5.74) is 13.4. The van der Waals surface area contributed by atoms with Gasteiger partial charge in [-0.25, -0.2) is 0 Å². The first-order chi connectivity index (χ1) is 29.7. The number of anilines is 9. The number of nitrogens with zero attached hydrogens (tertiary/aromatic N) is 3. The number of furan rings is 2. The number of rotatable bonds is 9. The molecule has 0 fully saturated rings. The fraction of sp³-hybridized carbons (Fsp3) is 0.0182. The minimum absolute atomic E-state index is 0.797. The molecule has 0 aliphatic heterocycles. The molecule has 2 aromatic heterocycles. The van der Waals surface area contributed by atoms with Crippen LogP contribution in [0.5, 0.6) is 0 Å². The van der Waals surface area contributed by atoms with Gasteiger partial charge in [-0.05, 0) is 110 Å². The van der Waals surface area contributed by atoms with Crippen LogP contribution in [0.25, 0.3) is 43.9 Å². The molecular formula is C55H39N3O2. The maximum atomic E-state index is 6.98. The molecule has 5 heteroatoms. The summed E-state index contributed by atoms with van der Waals surface area (Å²) in [6.45, 7) is 2.14. The van der Waals surface area contributed by atoms with E-state index in [-0.39, 0.29) is 0 Å². The molecule has 286 valence electrons. The molecule has 0 saturated carbocycles. The van der Waals surface area contributed by atoms with Gasteiger partial charge in [-0.1, -0.05) is 121 Å². The predicted molar refractivity (Wildman–Crippen MR) is 250 cm³/mol. The van der Waals surface area contributed by atoms with E-state index in [4.69, 9.17) is 8.83 Å². The Bertz CT molecular complexity index is 3190. The topological polar surface area (TPSA) is 36.0 Å². The molecule has 11 aromatic rings. The van der Waals surface area contributed by atoms with E-state index in [0.717, 1.165) is 95.1 Å². The number of hydrogen-bond donors (Lipinski definition) is 0. The van der Waals surface area contributed by atoms with Crippen LogP contribution in [0.1, 0.15) is 5.56 Å². The van der Waals surface area contributed by atoms with Crippen molar-refractivity contribution in [3.05, 3.63) is 224 Å². The zero-order valence-corrected chi connectivity index (χ0v) is 32.9. The molecule has 0 amide bonds. The molecule has 0 saturated heterocycles. The van der Waals surface area contributed by atoms with Crippen LogP contribution in [0.3, 0.4) is 0 Å². The van der Waals surface area contributed by atoms with Gasteiger partial charge in [0.05, 0.1) is 11.4 Å². The lowest BCUT2D eigenvalue weighted by molar-refractivity contribution is 0.669. The van der Waals surface area contributed by atoms with Crippen molar-refractivity contribution in [1.29, 1.82) is 0 Å². The van der Waals surface area contributed by atoms with Crippen molar-refractivity contribution in [3.63, 3.8) is 0 Å². The zero-order valence-electron chi connectivity index (χ0n) is 32.9. The minimum Gasteiger partial charge on any atom is -0.454 e. The molecular weight excluding hydrogens is 735 g/mol. The summed E-state index contributed by atoms with van der Waals surface area (Å²) in [7, 11) is 0. The Morgan fingerprint density at radius 3 is 1.13 bits per heavy atom. The van der Waals surface area contributed by atoms with Gasteiger partial charge >= 0.3 is 0 Å². The Hall–Kier alpha value is -8.02. The number of para-hydroxylation sites is 6. The Balaban J connectivity index is 1.25. The molecule has 0 spiro atoms. The quantitative estimate of drug-likeness (QED) is 0.146. The third-order valence-corrected chi connectivity index (χ3v) is 11.2. The van der Waals surface area contributed by atoms with E-state index in [1.807, 2.05) is 12.1 Å². The van der Waals surface area contributed by atoms with Gasteiger partial charge in [0.2, 0.25) is 0 Å². The van der Waals surface area contributed by atoms with Gasteiger partial charge in [-0.3, -0.25) is 0 Å². The third kappa shape index (κ3) is 6.12. The zero-order chi connectivity index (χ0) is 40.0. The van der Waals surface area contributed by atoms with Crippen LogP contribution in [0, 0.1) is 6.92 Å². The van der Waals surface area contributed by atoms with Crippen molar-refractivity contribution in [3.8, 4) is 0 Å². The first-order valence-corrected chi connectivity index (χ1v) is 20.3. The molecule has 0 N–H and O–H groups in total. The summed E-state index contributed by atoms with van der Waals surface area (Å²) in [4.78, 5) is 6.96. The predicted octanol–water partition coefficient (Wildman–Crippen LogP) is 16.2. The lowest BCUT2D eigenvalue weighted by Gasteiger charge is -2.31. The van der Waals surface area contributed by atoms with Gasteiger partial charge in [-0.2, -0.15) is 0 Å². The fourth-order valence-corrected chi connectivity index (χ4v) is 8.53. The Morgan fingerprint density at radius 1 is 0.283 bits per heavy atom. The SMILES string of the molecule is Cc1ccc2oc3c(N(c4ccccc4)c4cc(N(c5ccccc5)c5ccccc5)c5oc6ccccc6c5c4)cc(N(c4ccccc4)c4ccccc4)cc3c2c1. The second kappa shape index (κ2) is 14.7. The first kappa shape index (κ1) is 35.2. The van der Waals surface area contributed by atoms with Crippen molar-refractivity contribution >= 4 is 95.1 Å². The van der Waals surface area contributed by atoms with Crippen LogP contribution in [0.15, 0.2) is 227 Å². The number of hydrogen-bond acceptors (Lipinski definition) is 5. The minimum atomic E-state index is 0.797. The average molecular weight is 774 g/mol. The van der Waals surface area contributed by atoms with E-state index in [1.165, 1.54) is 5.56 Å². The number of aryl methyl sites for hydroxylation is 1. The second-order valence-electron chi connectivity index (χ2n) is 15.1. The maximum Gasteiger partial charge on any atom is 0.159 e. The van der Waals surface area contributed by atoms with Crippen molar-refractivity contribution in [2.75, 3.05) is 14.7 Å². The molecule has 0 radical (unpaired) electrons. The molecule has 0 bridgehead atoms. The maximum absolute atomic E-state index is 6.98. The summed E-state index contributed by atoms with van der Waals surface area (Å²) in [5.74, 6) is 0. The van der Waals surface area contributed by atoms with Gasteiger partial charge in [0, 0.05) is 61.4 Å². The summed E-state index contributed by atoms with van der Waals surface area (Å²) < 4.78 is 13.8. The van der Waals surface area contributed by atoms with Crippen molar-refractivity contribution in [2.45, 2.75) is 6.92 Å². The summed E-state index contributed by atoms with van der Waals surface area (Å²) in [6, 6.07) is 76.6. The lowest BCUT2D eigenvalue weighted by atomic mass is 10.0. The molecule has 11 rings (SSSR count). The molecule has 0 aliphatic carbocycles. The summed E-state index contributed by atoms with van der Waals surface area (Å²) >= 11 is 0. The van der Waals surface area contributed by atoms with Crippen molar-refractivity contribution in [1.82, 2.24) is 0 Å². The van der Waals surface area contributed by atoms with E-state index in [2.05, 4.69) is 228 Å². The highest BCUT2D eigenvalue weighted by Crippen LogP contribution is 2.50. The monoisotopic (exact) mass is 773 g/mol. The second-order valence-corrected chi connectivity index (χ2v) is 15.1. The molecule has 0 aliphatic rings. The molecule has 0 unspecified atom stereocenters. The van der Waals surface area contributed by atoms with E-state index in [1.54, 1.807) is 0 Å². The van der Waals surface area contributed by atoms with Crippen LogP contribution in [-0.2, 0) is 0 Å². The lowest BCUT2D eigenvalue weighted by Crippen LogP contribution is -2.15. The highest BCUT2D eigenvalue weighted by molar-refractivity contribution is 6.15. The van der Waals surface area contributed by atoms with Crippen LogP contribution in [-0.4, -0.2) is 0 Å². The largest absolute Gasteiger partial charge is 0.454 e. The van der Waals surface area contributed by atoms with Crippen molar-refractivity contribution < 1.29 is 8.83 Å². The first-order valence-electron chi connectivity index (χ1n) is 20.3. The Labute approximate surface area is 348 Å². The summed E-state index contributed by atoms with van der Waals surface area (Å²) in [6.07, 6.45) is 0. The van der Waals surface area contributed by atoms with E-state index >= 15 is 0 Å². The van der Waals surface area contributed by atoms with Gasteiger partial charge in [0.15, 0.2) is 11.2 Å². The standard InChI is InChI=1S/C55H39N3O2/c1-38-31-32-53-47(33-38)49-34-44(56(39-19-7-2-8-20-39)40-21-9-3-10-22-40)36-51(55(49)60-53)58(43-27-15-6-16-28-43)45-35-48-46-29-17-18-30-52(46)59-54(48)50(37-45)57(41-23-11-4-12-24-41)42-25-13-5-14-26-42/h2-37H,1H3. The Kier molecular flexibility index (Phi) is 8.63. The highest BCUT2D eigenvalue weighted by Gasteiger charge is 2.27. The normalized spacial score (nSPS) is 11.4. The molecule has 60 heavy (non-hydrogen) atoms. The molecule has 2 heterocycles. The van der Waals surface area contributed by atoms with E-state index in [9.17, 15) is 0 Å². The fourth-order valence-electron chi connectivity index (χ4n) is 8.53. The highest BCUT2D eigenvalue weighted by atomic mass is 16.3. The van der Waals surface area contributed by atoms with E-state index in [0.29, 0.717) is 0 Å². The van der Waals surface area contributed by atoms with Crippen LogP contribution >= 0.6 is 0 Å². The van der Waals surface area contributed by atoms with E-state index < -0.39 is 0 Å². The Morgan fingerprint density at radius 2 is 0.650 bits per heavy atom. The van der Waals surface area contributed by atoms with Gasteiger partial charge < -0.3 is 23.5 Å². The summed E-state index contributed by atoms with van der Waals surface area (Å²) in [5, 5.41) is 4.16. The van der Waals surface area contributed by atoms with Crippen LogP contribution < -0.4 is 14.7 Å². The van der Waals surface area contributed by atoms with Crippen molar-refractivity contribution in [2.24, 2.45) is 0 Å². The average Bonchev–Trinajstić information content (AvgIpc) is 3.87.